The van der Waals surface area contributed by atoms with Gasteiger partial charge in [0.25, 0.3) is 5.91 Å². The molecule has 4 nitrogen and oxygen atoms in total. The number of aryl methyl sites for hydroxylation is 1. The summed E-state index contributed by atoms with van der Waals surface area (Å²) in [5.74, 6) is 0.0983. The lowest BCUT2D eigenvalue weighted by atomic mass is 9.83. The van der Waals surface area contributed by atoms with Crippen molar-refractivity contribution in [1.29, 1.82) is 0 Å². The Morgan fingerprint density at radius 2 is 1.95 bits per heavy atom. The molecule has 2 aliphatic rings. The molecule has 0 radical (unpaired) electrons. The second-order valence-corrected chi connectivity index (χ2v) is 6.34. The van der Waals surface area contributed by atoms with Crippen LogP contribution in [0.25, 0.3) is 0 Å². The number of hydrogen-bond acceptors (Lipinski definition) is 3. The Kier molecular flexibility index (Phi) is 4.00. The predicted octanol–water partition coefficient (Wildman–Crippen LogP) is 2.14. The molecule has 2 aliphatic heterocycles. The molecule has 4 heteroatoms. The number of piperidine rings is 1. The van der Waals surface area contributed by atoms with E-state index in [1.807, 2.05) is 36.1 Å². The summed E-state index contributed by atoms with van der Waals surface area (Å²) >= 11 is 0. The molecule has 0 aromatic heterocycles. The minimum atomic E-state index is -0.252. The lowest BCUT2D eigenvalue weighted by Crippen LogP contribution is -2.51. The number of amides is 1. The van der Waals surface area contributed by atoms with Gasteiger partial charge in [0.2, 0.25) is 0 Å². The molecule has 0 saturated carbocycles. The highest BCUT2D eigenvalue weighted by atomic mass is 16.5. The first-order valence-corrected chi connectivity index (χ1v) is 7.76. The Labute approximate surface area is 125 Å². The van der Waals surface area contributed by atoms with Crippen LogP contribution in [0.4, 0.5) is 0 Å². The van der Waals surface area contributed by atoms with E-state index in [4.69, 9.17) is 4.74 Å². The summed E-state index contributed by atoms with van der Waals surface area (Å²) in [5, 5.41) is 9.85. The minimum absolute atomic E-state index is 0.0983. The molecule has 0 aliphatic carbocycles. The van der Waals surface area contributed by atoms with Crippen molar-refractivity contribution in [3.05, 3.63) is 35.4 Å². The van der Waals surface area contributed by atoms with Crippen LogP contribution in [0.3, 0.4) is 0 Å². The highest BCUT2D eigenvalue weighted by Gasteiger charge is 2.40. The lowest BCUT2D eigenvalue weighted by molar-refractivity contribution is -0.139. The summed E-state index contributed by atoms with van der Waals surface area (Å²) in [7, 11) is 0. The molecule has 1 aromatic carbocycles. The molecule has 2 fully saturated rings. The van der Waals surface area contributed by atoms with E-state index in [-0.39, 0.29) is 17.6 Å². The van der Waals surface area contributed by atoms with E-state index in [9.17, 15) is 9.90 Å². The lowest BCUT2D eigenvalue weighted by Gasteiger charge is -2.45. The Bertz CT molecular complexity index is 503. The highest BCUT2D eigenvalue weighted by Crippen LogP contribution is 2.35. The summed E-state index contributed by atoms with van der Waals surface area (Å²) in [4.78, 5) is 14.4. The molecule has 1 aromatic rings. The van der Waals surface area contributed by atoms with E-state index in [1.54, 1.807) is 0 Å². The number of rotatable bonds is 1. The molecule has 0 bridgehead atoms. The van der Waals surface area contributed by atoms with Crippen LogP contribution in [0.5, 0.6) is 0 Å². The number of carbonyl (C=O) groups excluding carboxylic acids is 1. The molecular formula is C17H23NO3. The van der Waals surface area contributed by atoms with E-state index in [0.717, 1.165) is 30.4 Å². The summed E-state index contributed by atoms with van der Waals surface area (Å²) in [6.07, 6.45) is 2.83. The molecule has 1 amide bonds. The Balaban J connectivity index is 1.62. The second-order valence-electron chi connectivity index (χ2n) is 6.34. The molecule has 2 saturated heterocycles. The SMILES string of the molecule is Cc1ccc(C(=O)N2CCC3(CC2)CC(O)CCO3)cc1. The maximum Gasteiger partial charge on any atom is 0.253 e. The van der Waals surface area contributed by atoms with Gasteiger partial charge in [-0.25, -0.2) is 0 Å². The van der Waals surface area contributed by atoms with Gasteiger partial charge < -0.3 is 14.7 Å². The van der Waals surface area contributed by atoms with Crippen LogP contribution in [0, 0.1) is 6.92 Å². The van der Waals surface area contributed by atoms with Crippen molar-refractivity contribution in [3.8, 4) is 0 Å². The van der Waals surface area contributed by atoms with Crippen LogP contribution >= 0.6 is 0 Å². The number of likely N-dealkylation sites (tertiary alicyclic amines) is 1. The maximum absolute atomic E-state index is 12.5. The third-order valence-electron chi connectivity index (χ3n) is 4.73. The first-order valence-electron chi connectivity index (χ1n) is 7.76. The quantitative estimate of drug-likeness (QED) is 0.861. The molecule has 1 spiro atoms. The van der Waals surface area contributed by atoms with Crippen molar-refractivity contribution in [1.82, 2.24) is 4.90 Å². The van der Waals surface area contributed by atoms with Crippen LogP contribution in [0.2, 0.25) is 0 Å². The van der Waals surface area contributed by atoms with Crippen LogP contribution in [-0.4, -0.2) is 47.3 Å². The predicted molar refractivity (Wildman–Crippen MR) is 80.2 cm³/mol. The first-order chi connectivity index (χ1) is 10.1. The Hall–Kier alpha value is -1.39. The number of carbonyl (C=O) groups is 1. The van der Waals surface area contributed by atoms with E-state index >= 15 is 0 Å². The van der Waals surface area contributed by atoms with Crippen LogP contribution in [0.1, 0.15) is 41.6 Å². The van der Waals surface area contributed by atoms with Gasteiger partial charge in [0.05, 0.1) is 11.7 Å². The van der Waals surface area contributed by atoms with E-state index < -0.39 is 0 Å². The number of aliphatic hydroxyl groups is 1. The van der Waals surface area contributed by atoms with Crippen LogP contribution in [0.15, 0.2) is 24.3 Å². The van der Waals surface area contributed by atoms with Gasteiger partial charge in [0, 0.05) is 31.7 Å². The van der Waals surface area contributed by atoms with Gasteiger partial charge in [-0.05, 0) is 38.3 Å². The summed E-state index contributed by atoms with van der Waals surface area (Å²) in [6, 6.07) is 7.73. The third-order valence-corrected chi connectivity index (χ3v) is 4.73. The molecule has 2 heterocycles. The van der Waals surface area contributed by atoms with Crippen molar-refractivity contribution in [3.63, 3.8) is 0 Å². The zero-order chi connectivity index (χ0) is 14.9. The van der Waals surface area contributed by atoms with Gasteiger partial charge in [-0.3, -0.25) is 4.79 Å². The Morgan fingerprint density at radius 3 is 2.57 bits per heavy atom. The van der Waals surface area contributed by atoms with E-state index in [1.165, 1.54) is 0 Å². The van der Waals surface area contributed by atoms with Crippen molar-refractivity contribution in [2.45, 2.75) is 44.3 Å². The van der Waals surface area contributed by atoms with Crippen molar-refractivity contribution in [2.75, 3.05) is 19.7 Å². The number of aliphatic hydroxyl groups excluding tert-OH is 1. The minimum Gasteiger partial charge on any atom is -0.393 e. The molecule has 1 atom stereocenters. The average Bonchev–Trinajstić information content (AvgIpc) is 2.48. The molecule has 3 rings (SSSR count). The van der Waals surface area contributed by atoms with Crippen molar-refractivity contribution >= 4 is 5.91 Å². The Morgan fingerprint density at radius 1 is 1.29 bits per heavy atom. The van der Waals surface area contributed by atoms with Crippen molar-refractivity contribution < 1.29 is 14.6 Å². The fourth-order valence-corrected chi connectivity index (χ4v) is 3.35. The van der Waals surface area contributed by atoms with Gasteiger partial charge in [0.15, 0.2) is 0 Å². The monoisotopic (exact) mass is 289 g/mol. The van der Waals surface area contributed by atoms with Gasteiger partial charge in [-0.2, -0.15) is 0 Å². The summed E-state index contributed by atoms with van der Waals surface area (Å²) in [5.41, 5.74) is 1.71. The number of benzene rings is 1. The van der Waals surface area contributed by atoms with Gasteiger partial charge >= 0.3 is 0 Å². The fraction of sp³-hybridized carbons (Fsp3) is 0.588. The second kappa shape index (κ2) is 5.78. The normalized spacial score (nSPS) is 25.0. The highest BCUT2D eigenvalue weighted by molar-refractivity contribution is 5.94. The maximum atomic E-state index is 12.5. The zero-order valence-corrected chi connectivity index (χ0v) is 12.5. The topological polar surface area (TPSA) is 49.8 Å². The van der Waals surface area contributed by atoms with Gasteiger partial charge in [-0.15, -0.1) is 0 Å². The number of nitrogens with zero attached hydrogens (tertiary/aromatic N) is 1. The molecule has 1 N–H and O–H groups in total. The fourth-order valence-electron chi connectivity index (χ4n) is 3.35. The first kappa shape index (κ1) is 14.5. The van der Waals surface area contributed by atoms with E-state index in [0.29, 0.717) is 26.1 Å². The van der Waals surface area contributed by atoms with Crippen LogP contribution in [-0.2, 0) is 4.74 Å². The average molecular weight is 289 g/mol. The number of ether oxygens (including phenoxy) is 1. The summed E-state index contributed by atoms with van der Waals surface area (Å²) in [6.45, 7) is 4.07. The number of hydrogen-bond donors (Lipinski definition) is 1. The molecule has 1 unspecified atom stereocenters. The van der Waals surface area contributed by atoms with Gasteiger partial charge in [0.1, 0.15) is 0 Å². The molecular weight excluding hydrogens is 266 g/mol. The third kappa shape index (κ3) is 3.11. The molecule has 21 heavy (non-hydrogen) atoms. The van der Waals surface area contributed by atoms with Gasteiger partial charge in [-0.1, -0.05) is 17.7 Å². The zero-order valence-electron chi connectivity index (χ0n) is 12.5. The standard InChI is InChI=1S/C17H23NO3/c1-13-2-4-14(5-3-13)16(20)18-9-7-17(8-10-18)12-15(19)6-11-21-17/h2-5,15,19H,6-12H2,1H3. The van der Waals surface area contributed by atoms with Crippen LogP contribution < -0.4 is 0 Å². The summed E-state index contributed by atoms with van der Waals surface area (Å²) < 4.78 is 5.93. The smallest absolute Gasteiger partial charge is 0.253 e. The molecule has 114 valence electrons. The van der Waals surface area contributed by atoms with Crippen molar-refractivity contribution in [2.24, 2.45) is 0 Å². The largest absolute Gasteiger partial charge is 0.393 e. The van der Waals surface area contributed by atoms with E-state index in [2.05, 4.69) is 0 Å².